The van der Waals surface area contributed by atoms with Gasteiger partial charge in [0.1, 0.15) is 4.53 Å². The van der Waals surface area contributed by atoms with Gasteiger partial charge in [0.05, 0.1) is 55.9 Å². The van der Waals surface area contributed by atoms with E-state index in [1.165, 1.54) is 18.8 Å². The molecule has 9 nitrogen and oxygen atoms in total. The number of hydrogen-bond acceptors (Lipinski definition) is 8. The Balaban J connectivity index is 1.53. The zero-order valence-corrected chi connectivity index (χ0v) is 29.2. The SMILES string of the molecule is CCOC(=O)C1=C(c2ccccc2)N=c2s/c(=C3\C(=O)N(Cc4ccccc4)c4ccc(Br)cc43)c(=O)n2[C@H]1c1ccc(OC)c(OC)c1. The fourth-order valence-electron chi connectivity index (χ4n) is 6.27. The minimum absolute atomic E-state index is 0.120. The van der Waals surface area contributed by atoms with Crippen molar-refractivity contribution in [1.29, 1.82) is 0 Å². The number of esters is 1. The van der Waals surface area contributed by atoms with Gasteiger partial charge in [0, 0.05) is 15.6 Å². The molecule has 1 aromatic heterocycles. The van der Waals surface area contributed by atoms with E-state index in [1.54, 1.807) is 30.0 Å². The van der Waals surface area contributed by atoms with Crippen LogP contribution in [0.3, 0.4) is 0 Å². The van der Waals surface area contributed by atoms with Crippen molar-refractivity contribution in [2.45, 2.75) is 19.5 Å². The number of aromatic nitrogens is 1. The summed E-state index contributed by atoms with van der Waals surface area (Å²) in [6.45, 7) is 2.18. The fraction of sp³-hybridized carbons (Fsp3) is 0.158. The van der Waals surface area contributed by atoms with Gasteiger partial charge in [0.15, 0.2) is 16.3 Å². The Morgan fingerprint density at radius 2 is 1.61 bits per heavy atom. The van der Waals surface area contributed by atoms with E-state index < -0.39 is 17.6 Å². The number of benzene rings is 4. The molecule has 4 aromatic carbocycles. The lowest BCUT2D eigenvalue weighted by atomic mass is 9.93. The summed E-state index contributed by atoms with van der Waals surface area (Å²) < 4.78 is 19.2. The maximum Gasteiger partial charge on any atom is 0.338 e. The van der Waals surface area contributed by atoms with Gasteiger partial charge in [-0.1, -0.05) is 94.0 Å². The van der Waals surface area contributed by atoms with E-state index in [-0.39, 0.29) is 28.2 Å². The van der Waals surface area contributed by atoms with Gasteiger partial charge in [-0.3, -0.25) is 14.2 Å². The van der Waals surface area contributed by atoms with Gasteiger partial charge in [-0.15, -0.1) is 0 Å². The molecule has 49 heavy (non-hydrogen) atoms. The second-order valence-electron chi connectivity index (χ2n) is 11.3. The summed E-state index contributed by atoms with van der Waals surface area (Å²) in [5.41, 5.74) is 3.94. The van der Waals surface area contributed by atoms with Crippen molar-refractivity contribution >= 4 is 56.1 Å². The van der Waals surface area contributed by atoms with Crippen molar-refractivity contribution in [3.05, 3.63) is 149 Å². The van der Waals surface area contributed by atoms with Crippen LogP contribution >= 0.6 is 27.3 Å². The van der Waals surface area contributed by atoms with E-state index in [1.807, 2.05) is 78.9 Å². The predicted octanol–water partition coefficient (Wildman–Crippen LogP) is 5.63. The monoisotopic (exact) mass is 735 g/mol. The van der Waals surface area contributed by atoms with E-state index in [0.717, 1.165) is 21.4 Å². The van der Waals surface area contributed by atoms with E-state index in [0.29, 0.717) is 50.9 Å². The molecule has 0 N–H and O–H groups in total. The van der Waals surface area contributed by atoms with Crippen molar-refractivity contribution in [2.75, 3.05) is 25.7 Å². The molecule has 0 saturated heterocycles. The topological polar surface area (TPSA) is 99.4 Å². The molecule has 0 radical (unpaired) electrons. The average molecular weight is 737 g/mol. The predicted molar refractivity (Wildman–Crippen MR) is 191 cm³/mol. The maximum atomic E-state index is 14.8. The van der Waals surface area contributed by atoms with Crippen LogP contribution in [0.1, 0.15) is 35.2 Å². The average Bonchev–Trinajstić information content (AvgIpc) is 3.59. The second-order valence-corrected chi connectivity index (χ2v) is 13.2. The van der Waals surface area contributed by atoms with Crippen molar-refractivity contribution in [3.63, 3.8) is 0 Å². The van der Waals surface area contributed by atoms with Gasteiger partial charge in [0.25, 0.3) is 11.5 Å². The molecule has 0 bridgehead atoms. The molecule has 5 aromatic rings. The van der Waals surface area contributed by atoms with Crippen molar-refractivity contribution in [1.82, 2.24) is 4.57 Å². The number of hydrogen-bond donors (Lipinski definition) is 0. The van der Waals surface area contributed by atoms with Crippen LogP contribution in [0.5, 0.6) is 11.5 Å². The molecular formula is C38H30BrN3O6S. The number of amides is 1. The quantitative estimate of drug-likeness (QED) is 0.192. The smallest absolute Gasteiger partial charge is 0.338 e. The lowest BCUT2D eigenvalue weighted by molar-refractivity contribution is -0.138. The summed E-state index contributed by atoms with van der Waals surface area (Å²) in [7, 11) is 3.06. The Kier molecular flexibility index (Phi) is 8.79. The van der Waals surface area contributed by atoms with Crippen molar-refractivity contribution in [2.24, 2.45) is 4.99 Å². The molecular weight excluding hydrogens is 706 g/mol. The van der Waals surface area contributed by atoms with Gasteiger partial charge >= 0.3 is 5.97 Å². The standard InChI is InChI=1S/C38H30BrN3O6S/c1-4-48-37(45)31-32(23-13-9-6-10-14-23)40-38-42(33(31)24-15-18-28(46-2)29(19-24)47-3)36(44)34(49-38)30-26-20-25(39)16-17-27(26)41(35(30)43)21-22-11-7-5-8-12-22/h5-20,33H,4,21H2,1-3H3/b34-30-/t33-/m0/s1. The lowest BCUT2D eigenvalue weighted by Crippen LogP contribution is -2.41. The van der Waals surface area contributed by atoms with Crippen LogP contribution in [0.25, 0.3) is 11.3 Å². The highest BCUT2D eigenvalue weighted by molar-refractivity contribution is 9.10. The summed E-state index contributed by atoms with van der Waals surface area (Å²) in [5.74, 6) is 0.0108. The molecule has 2 aliphatic rings. The summed E-state index contributed by atoms with van der Waals surface area (Å²) >= 11 is 4.69. The fourth-order valence-corrected chi connectivity index (χ4v) is 7.73. The number of rotatable bonds is 8. The number of ether oxygens (including phenoxy) is 3. The van der Waals surface area contributed by atoms with Crippen LogP contribution in [0.15, 0.2) is 117 Å². The van der Waals surface area contributed by atoms with Crippen LogP contribution in [0.4, 0.5) is 5.69 Å². The number of carbonyl (C=O) groups excluding carboxylic acids is 2. The zero-order chi connectivity index (χ0) is 34.2. The first-order valence-corrected chi connectivity index (χ1v) is 17.1. The summed E-state index contributed by atoms with van der Waals surface area (Å²) in [6.07, 6.45) is 0. The first-order chi connectivity index (χ1) is 23.8. The van der Waals surface area contributed by atoms with Crippen LogP contribution in [0.2, 0.25) is 0 Å². The number of fused-ring (bicyclic) bond motifs is 2. The van der Waals surface area contributed by atoms with Gasteiger partial charge in [0.2, 0.25) is 0 Å². The molecule has 0 unspecified atom stereocenters. The number of anilines is 1. The Labute approximate surface area is 294 Å². The van der Waals surface area contributed by atoms with Crippen LogP contribution in [0, 0.1) is 0 Å². The zero-order valence-electron chi connectivity index (χ0n) is 26.8. The molecule has 0 fully saturated rings. The van der Waals surface area contributed by atoms with Gasteiger partial charge < -0.3 is 19.1 Å². The molecule has 7 rings (SSSR count). The number of halogens is 1. The molecule has 1 amide bonds. The normalized spacial score (nSPS) is 16.2. The highest BCUT2D eigenvalue weighted by Gasteiger charge is 2.38. The molecule has 3 heterocycles. The molecule has 246 valence electrons. The second kappa shape index (κ2) is 13.3. The largest absolute Gasteiger partial charge is 0.493 e. The third kappa shape index (κ3) is 5.68. The minimum atomic E-state index is -0.960. The Morgan fingerprint density at radius 3 is 2.31 bits per heavy atom. The molecule has 0 aliphatic carbocycles. The first kappa shape index (κ1) is 32.3. The number of carbonyl (C=O) groups is 2. The number of methoxy groups -OCH3 is 2. The maximum absolute atomic E-state index is 14.8. The van der Waals surface area contributed by atoms with E-state index in [4.69, 9.17) is 19.2 Å². The van der Waals surface area contributed by atoms with Crippen molar-refractivity contribution < 1.29 is 23.8 Å². The number of nitrogens with zero attached hydrogens (tertiary/aromatic N) is 3. The minimum Gasteiger partial charge on any atom is -0.493 e. The van der Waals surface area contributed by atoms with Gasteiger partial charge in [-0.2, -0.15) is 0 Å². The summed E-state index contributed by atoms with van der Waals surface area (Å²) in [4.78, 5) is 50.1. The van der Waals surface area contributed by atoms with Gasteiger partial charge in [-0.05, 0) is 48.4 Å². The highest BCUT2D eigenvalue weighted by Crippen LogP contribution is 2.40. The Morgan fingerprint density at radius 1 is 0.898 bits per heavy atom. The third-order valence-electron chi connectivity index (χ3n) is 8.46. The summed E-state index contributed by atoms with van der Waals surface area (Å²) in [5, 5.41) is 0. The first-order valence-electron chi connectivity index (χ1n) is 15.5. The van der Waals surface area contributed by atoms with Crippen molar-refractivity contribution in [3.8, 4) is 11.5 Å². The molecule has 0 saturated carbocycles. The number of thiazole rings is 1. The highest BCUT2D eigenvalue weighted by atomic mass is 79.9. The van der Waals surface area contributed by atoms with Crippen LogP contribution in [-0.2, 0) is 20.9 Å². The summed E-state index contributed by atoms with van der Waals surface area (Å²) in [6, 6.07) is 28.9. The third-order valence-corrected chi connectivity index (χ3v) is 10.0. The van der Waals surface area contributed by atoms with Crippen LogP contribution < -0.4 is 29.3 Å². The van der Waals surface area contributed by atoms with E-state index in [2.05, 4.69) is 15.9 Å². The lowest BCUT2D eigenvalue weighted by Gasteiger charge is -2.26. The van der Waals surface area contributed by atoms with Crippen LogP contribution in [-0.4, -0.2) is 37.3 Å². The molecule has 1 atom stereocenters. The van der Waals surface area contributed by atoms with E-state index >= 15 is 0 Å². The molecule has 11 heteroatoms. The Bertz CT molecular complexity index is 2330. The molecule has 2 aliphatic heterocycles. The van der Waals surface area contributed by atoms with E-state index in [9.17, 15) is 14.4 Å². The Hall–Kier alpha value is -5.26. The molecule has 0 spiro atoms. The van der Waals surface area contributed by atoms with Gasteiger partial charge in [-0.25, -0.2) is 9.79 Å².